The van der Waals surface area contributed by atoms with E-state index in [-0.39, 0.29) is 11.9 Å². The Morgan fingerprint density at radius 3 is 2.17 bits per heavy atom. The second-order valence-corrected chi connectivity index (χ2v) is 6.02. The maximum Gasteiger partial charge on any atom is 0.123 e. The van der Waals surface area contributed by atoms with Crippen LogP contribution in [0.1, 0.15) is 11.6 Å². The van der Waals surface area contributed by atoms with Gasteiger partial charge in [0.15, 0.2) is 0 Å². The van der Waals surface area contributed by atoms with E-state index in [9.17, 15) is 4.39 Å². The molecule has 1 aliphatic rings. The van der Waals surface area contributed by atoms with Gasteiger partial charge >= 0.3 is 0 Å². The highest BCUT2D eigenvalue weighted by Gasteiger charge is 2.24. The van der Waals surface area contributed by atoms with E-state index in [1.807, 2.05) is 24.3 Å². The number of methoxy groups -OCH3 is 1. The topological polar surface area (TPSA) is 41.7 Å². The van der Waals surface area contributed by atoms with E-state index in [1.54, 1.807) is 7.11 Å². The van der Waals surface area contributed by atoms with Crippen molar-refractivity contribution in [1.29, 1.82) is 0 Å². The van der Waals surface area contributed by atoms with Gasteiger partial charge in [-0.15, -0.1) is 0 Å². The molecule has 1 unspecified atom stereocenters. The van der Waals surface area contributed by atoms with Crippen LogP contribution < -0.4 is 15.4 Å². The van der Waals surface area contributed by atoms with Gasteiger partial charge in [-0.1, -0.05) is 12.1 Å². The highest BCUT2D eigenvalue weighted by Crippen LogP contribution is 2.25. The van der Waals surface area contributed by atoms with Crippen molar-refractivity contribution in [3.8, 4) is 5.75 Å². The van der Waals surface area contributed by atoms with Crippen molar-refractivity contribution in [2.45, 2.75) is 6.04 Å². The van der Waals surface area contributed by atoms with E-state index in [1.165, 1.54) is 17.7 Å². The van der Waals surface area contributed by atoms with Gasteiger partial charge in [-0.3, -0.25) is 4.90 Å². The summed E-state index contributed by atoms with van der Waals surface area (Å²) in [6.07, 6.45) is 0. The van der Waals surface area contributed by atoms with E-state index in [4.69, 9.17) is 10.5 Å². The number of benzene rings is 2. The van der Waals surface area contributed by atoms with Crippen molar-refractivity contribution >= 4 is 5.69 Å². The zero-order valence-corrected chi connectivity index (χ0v) is 14.0. The SMILES string of the molecule is COc1ccc(C(CN)N2CCN(c3ccc(F)cc3)CC2)cc1. The van der Waals surface area contributed by atoms with Gasteiger partial charge in [0.1, 0.15) is 11.6 Å². The van der Waals surface area contributed by atoms with Crippen LogP contribution in [0.2, 0.25) is 0 Å². The Bertz CT molecular complexity index is 637. The molecule has 0 radical (unpaired) electrons. The van der Waals surface area contributed by atoms with Gasteiger partial charge in [0.05, 0.1) is 7.11 Å². The Morgan fingerprint density at radius 1 is 1.00 bits per heavy atom. The molecule has 0 spiro atoms. The van der Waals surface area contributed by atoms with Crippen molar-refractivity contribution < 1.29 is 9.13 Å². The van der Waals surface area contributed by atoms with Crippen molar-refractivity contribution in [1.82, 2.24) is 4.90 Å². The molecule has 1 saturated heterocycles. The number of rotatable bonds is 5. The fourth-order valence-electron chi connectivity index (χ4n) is 3.27. The third kappa shape index (κ3) is 3.68. The predicted molar refractivity (Wildman–Crippen MR) is 95.0 cm³/mol. The molecule has 0 amide bonds. The standard InChI is InChI=1S/C19H24FN3O/c1-24-18-8-2-15(3-9-18)19(14-21)23-12-10-22(11-13-23)17-6-4-16(20)5-7-17/h2-9,19H,10-14,21H2,1H3. The largest absolute Gasteiger partial charge is 0.497 e. The van der Waals surface area contributed by atoms with Crippen LogP contribution in [-0.4, -0.2) is 44.7 Å². The van der Waals surface area contributed by atoms with Crippen molar-refractivity contribution in [3.05, 3.63) is 59.9 Å². The number of hydrogen-bond donors (Lipinski definition) is 1. The summed E-state index contributed by atoms with van der Waals surface area (Å²) in [5.41, 5.74) is 8.33. The maximum atomic E-state index is 13.1. The van der Waals surface area contributed by atoms with Crippen molar-refractivity contribution in [3.63, 3.8) is 0 Å². The molecule has 1 aliphatic heterocycles. The first kappa shape index (κ1) is 16.7. The van der Waals surface area contributed by atoms with Crippen LogP contribution in [-0.2, 0) is 0 Å². The summed E-state index contributed by atoms with van der Waals surface area (Å²) in [6.45, 7) is 4.29. The number of halogens is 1. The fraction of sp³-hybridized carbons (Fsp3) is 0.368. The van der Waals surface area contributed by atoms with E-state index in [0.29, 0.717) is 6.54 Å². The second-order valence-electron chi connectivity index (χ2n) is 6.02. The molecule has 5 heteroatoms. The lowest BCUT2D eigenvalue weighted by atomic mass is 10.0. The van der Waals surface area contributed by atoms with Crippen LogP contribution in [0.5, 0.6) is 5.75 Å². The Balaban J connectivity index is 1.64. The maximum absolute atomic E-state index is 13.1. The van der Waals surface area contributed by atoms with Crippen LogP contribution in [0.4, 0.5) is 10.1 Å². The molecule has 128 valence electrons. The number of piperazine rings is 1. The minimum absolute atomic E-state index is 0.194. The summed E-state index contributed by atoms with van der Waals surface area (Å²) in [5.74, 6) is 0.663. The molecule has 2 aromatic carbocycles. The lowest BCUT2D eigenvalue weighted by molar-refractivity contribution is 0.190. The molecular weight excluding hydrogens is 305 g/mol. The molecule has 3 rings (SSSR count). The van der Waals surface area contributed by atoms with Gasteiger partial charge in [-0.05, 0) is 42.0 Å². The van der Waals surface area contributed by atoms with Gasteiger partial charge in [-0.25, -0.2) is 4.39 Å². The Labute approximate surface area is 142 Å². The number of nitrogens with zero attached hydrogens (tertiary/aromatic N) is 2. The van der Waals surface area contributed by atoms with Crippen LogP contribution in [0.3, 0.4) is 0 Å². The van der Waals surface area contributed by atoms with E-state index < -0.39 is 0 Å². The lowest BCUT2D eigenvalue weighted by Gasteiger charge is -2.40. The van der Waals surface area contributed by atoms with Crippen LogP contribution >= 0.6 is 0 Å². The Morgan fingerprint density at radius 2 is 1.62 bits per heavy atom. The Hall–Kier alpha value is -2.11. The first-order valence-corrected chi connectivity index (χ1v) is 8.30. The van der Waals surface area contributed by atoms with E-state index >= 15 is 0 Å². The molecule has 1 fully saturated rings. The van der Waals surface area contributed by atoms with Gasteiger partial charge in [-0.2, -0.15) is 0 Å². The minimum Gasteiger partial charge on any atom is -0.497 e. The molecule has 24 heavy (non-hydrogen) atoms. The fourth-order valence-corrected chi connectivity index (χ4v) is 3.27. The van der Waals surface area contributed by atoms with Gasteiger partial charge in [0.2, 0.25) is 0 Å². The smallest absolute Gasteiger partial charge is 0.123 e. The summed E-state index contributed by atoms with van der Waals surface area (Å²) < 4.78 is 18.3. The first-order valence-electron chi connectivity index (χ1n) is 8.30. The van der Waals surface area contributed by atoms with Gasteiger partial charge in [0.25, 0.3) is 0 Å². The normalized spacial score (nSPS) is 16.9. The molecule has 0 bridgehead atoms. The average molecular weight is 329 g/mol. The minimum atomic E-state index is -0.194. The predicted octanol–water partition coefficient (Wildman–Crippen LogP) is 2.66. The summed E-state index contributed by atoms with van der Waals surface area (Å²) in [6, 6.07) is 15.1. The molecule has 4 nitrogen and oxygen atoms in total. The van der Waals surface area contributed by atoms with Gasteiger partial charge < -0.3 is 15.4 Å². The molecule has 1 heterocycles. The molecular formula is C19H24FN3O. The molecule has 2 aromatic rings. The van der Waals surface area contributed by atoms with Gasteiger partial charge in [0, 0.05) is 44.5 Å². The third-order valence-corrected chi connectivity index (χ3v) is 4.67. The number of anilines is 1. The second kappa shape index (κ2) is 7.64. The van der Waals surface area contributed by atoms with E-state index in [2.05, 4.69) is 21.9 Å². The third-order valence-electron chi connectivity index (χ3n) is 4.67. The summed E-state index contributed by atoms with van der Waals surface area (Å²) in [4.78, 5) is 4.71. The molecule has 1 atom stereocenters. The highest BCUT2D eigenvalue weighted by molar-refractivity contribution is 5.46. The highest BCUT2D eigenvalue weighted by atomic mass is 19.1. The van der Waals surface area contributed by atoms with Crippen molar-refractivity contribution in [2.24, 2.45) is 5.73 Å². The Kier molecular flexibility index (Phi) is 5.33. The zero-order valence-electron chi connectivity index (χ0n) is 14.0. The van der Waals surface area contributed by atoms with Crippen molar-refractivity contribution in [2.75, 3.05) is 44.7 Å². The zero-order chi connectivity index (χ0) is 16.9. The van der Waals surface area contributed by atoms with E-state index in [0.717, 1.165) is 37.6 Å². The monoisotopic (exact) mass is 329 g/mol. The van der Waals surface area contributed by atoms with Crippen LogP contribution in [0, 0.1) is 5.82 Å². The number of ether oxygens (including phenoxy) is 1. The molecule has 0 aromatic heterocycles. The average Bonchev–Trinajstić information content (AvgIpc) is 2.64. The number of hydrogen-bond acceptors (Lipinski definition) is 4. The summed E-state index contributed by atoms with van der Waals surface area (Å²) in [7, 11) is 1.67. The molecule has 2 N–H and O–H groups in total. The molecule has 0 aliphatic carbocycles. The molecule has 0 saturated carbocycles. The first-order chi connectivity index (χ1) is 11.7. The quantitative estimate of drug-likeness (QED) is 0.916. The summed E-state index contributed by atoms with van der Waals surface area (Å²) >= 11 is 0. The summed E-state index contributed by atoms with van der Waals surface area (Å²) in [5, 5.41) is 0. The van der Waals surface area contributed by atoms with Crippen LogP contribution in [0.15, 0.2) is 48.5 Å². The van der Waals surface area contributed by atoms with Crippen LogP contribution in [0.25, 0.3) is 0 Å². The number of nitrogens with two attached hydrogens (primary N) is 1. The lowest BCUT2D eigenvalue weighted by Crippen LogP contribution is -2.49.